The normalized spacial score (nSPS) is 24.3. The van der Waals surface area contributed by atoms with Gasteiger partial charge in [0.25, 0.3) is 0 Å². The van der Waals surface area contributed by atoms with Gasteiger partial charge in [-0.3, -0.25) is 14.6 Å². The van der Waals surface area contributed by atoms with E-state index in [1.54, 1.807) is 0 Å². The molecule has 0 aromatic carbocycles. The summed E-state index contributed by atoms with van der Waals surface area (Å²) in [6.07, 6.45) is 8.09. The fraction of sp³-hybridized carbons (Fsp3) is 0.818. The predicted molar refractivity (Wildman–Crippen MR) is 117 cm³/mol. The topological polar surface area (TPSA) is 57.5 Å². The molecule has 2 aliphatic rings. The molecule has 2 unspecified atom stereocenters. The van der Waals surface area contributed by atoms with Gasteiger partial charge in [0.15, 0.2) is 5.96 Å². The van der Waals surface area contributed by atoms with Crippen molar-refractivity contribution in [3.8, 4) is 0 Å². The Bertz CT molecular complexity index is 675. The van der Waals surface area contributed by atoms with Crippen LogP contribution in [0, 0.1) is 5.92 Å². The highest BCUT2D eigenvalue weighted by Gasteiger charge is 2.30. The van der Waals surface area contributed by atoms with E-state index >= 15 is 0 Å². The lowest BCUT2D eigenvalue weighted by atomic mass is 9.93. The molecule has 0 saturated carbocycles. The van der Waals surface area contributed by atoms with E-state index in [4.69, 9.17) is 5.10 Å². The Hall–Kier alpha value is -1.56. The molecule has 1 aromatic heterocycles. The number of nitrogens with one attached hydrogen (secondary N) is 2. The van der Waals surface area contributed by atoms with E-state index in [9.17, 15) is 0 Å². The third-order valence-corrected chi connectivity index (χ3v) is 6.39. The molecule has 2 atom stereocenters. The van der Waals surface area contributed by atoms with Crippen molar-refractivity contribution in [3.05, 3.63) is 17.5 Å². The molecule has 1 aliphatic heterocycles. The van der Waals surface area contributed by atoms with Crippen molar-refractivity contribution in [1.29, 1.82) is 0 Å². The van der Waals surface area contributed by atoms with Crippen molar-refractivity contribution < 1.29 is 0 Å². The first kappa shape index (κ1) is 21.2. The Morgan fingerprint density at radius 3 is 2.82 bits per heavy atom. The van der Waals surface area contributed by atoms with E-state index in [2.05, 4.69) is 66.0 Å². The lowest BCUT2D eigenvalue weighted by Crippen LogP contribution is -2.56. The number of fused-ring (bicyclic) bond motifs is 1. The fourth-order valence-corrected chi connectivity index (χ4v) is 4.44. The first-order valence-electron chi connectivity index (χ1n) is 11.1. The molecule has 2 N–H and O–H groups in total. The Kier molecular flexibility index (Phi) is 6.69. The molecule has 1 fully saturated rings. The highest BCUT2D eigenvalue weighted by Crippen LogP contribution is 2.24. The summed E-state index contributed by atoms with van der Waals surface area (Å²) in [6.45, 7) is 14.7. The van der Waals surface area contributed by atoms with Gasteiger partial charge in [0, 0.05) is 50.4 Å². The van der Waals surface area contributed by atoms with Gasteiger partial charge in [0.1, 0.15) is 0 Å². The minimum Gasteiger partial charge on any atom is -0.355 e. The van der Waals surface area contributed by atoms with Crippen LogP contribution < -0.4 is 10.6 Å². The second-order valence-electron chi connectivity index (χ2n) is 9.69. The van der Waals surface area contributed by atoms with Crippen molar-refractivity contribution in [3.63, 3.8) is 0 Å². The van der Waals surface area contributed by atoms with Crippen molar-refractivity contribution >= 4 is 5.96 Å². The summed E-state index contributed by atoms with van der Waals surface area (Å²) in [5.74, 6) is 1.71. The number of nitrogens with zero attached hydrogens (tertiary/aromatic N) is 4. The molecule has 0 spiro atoms. The molecule has 3 rings (SSSR count). The van der Waals surface area contributed by atoms with Crippen LogP contribution in [0.1, 0.15) is 71.2 Å². The van der Waals surface area contributed by atoms with Crippen LogP contribution >= 0.6 is 0 Å². The highest BCUT2D eigenvalue weighted by molar-refractivity contribution is 5.80. The largest absolute Gasteiger partial charge is 0.355 e. The van der Waals surface area contributed by atoms with Crippen molar-refractivity contribution in [2.45, 2.75) is 84.3 Å². The van der Waals surface area contributed by atoms with Crippen LogP contribution in [-0.2, 0) is 12.8 Å². The summed E-state index contributed by atoms with van der Waals surface area (Å²) in [6, 6.07) is 0.818. The van der Waals surface area contributed by atoms with Crippen molar-refractivity contribution in [2.24, 2.45) is 10.9 Å². The maximum atomic E-state index is 4.80. The van der Waals surface area contributed by atoms with Gasteiger partial charge < -0.3 is 10.6 Å². The molecular weight excluding hydrogens is 348 g/mol. The van der Waals surface area contributed by atoms with Crippen LogP contribution in [0.25, 0.3) is 0 Å². The minimum absolute atomic E-state index is 0.127. The number of hydrogen-bond donors (Lipinski definition) is 2. The summed E-state index contributed by atoms with van der Waals surface area (Å²) in [5, 5.41) is 12.0. The van der Waals surface area contributed by atoms with Crippen molar-refractivity contribution in [1.82, 2.24) is 25.3 Å². The number of hydrogen-bond acceptors (Lipinski definition) is 3. The second-order valence-corrected chi connectivity index (χ2v) is 9.69. The van der Waals surface area contributed by atoms with Crippen LogP contribution in [0.2, 0.25) is 0 Å². The summed E-state index contributed by atoms with van der Waals surface area (Å²) < 4.78 is 2.10. The summed E-state index contributed by atoms with van der Waals surface area (Å²) in [7, 11) is 1.87. The SMILES string of the molecule is CN=C(NCC(C)(C)N1CCCC(C)C1)NC1CCc2cn(C(C)C)nc2C1. The zero-order chi connectivity index (χ0) is 20.3. The third-order valence-electron chi connectivity index (χ3n) is 6.39. The van der Waals surface area contributed by atoms with Crippen LogP contribution in [0.5, 0.6) is 0 Å². The average Bonchev–Trinajstić information content (AvgIpc) is 3.09. The van der Waals surface area contributed by atoms with E-state index in [1.807, 2.05) is 7.05 Å². The van der Waals surface area contributed by atoms with Crippen LogP contribution in [0.15, 0.2) is 11.2 Å². The van der Waals surface area contributed by atoms with Crippen LogP contribution in [0.3, 0.4) is 0 Å². The molecule has 0 radical (unpaired) electrons. The van der Waals surface area contributed by atoms with Crippen molar-refractivity contribution in [2.75, 3.05) is 26.7 Å². The van der Waals surface area contributed by atoms with Gasteiger partial charge >= 0.3 is 0 Å². The number of aromatic nitrogens is 2. The molecule has 0 amide bonds. The number of piperidine rings is 1. The number of guanidine groups is 1. The standard InChI is InChI=1S/C22H40N6/c1-16(2)28-14-18-9-10-19(12-20(18)26-28)25-21(23-6)24-15-22(4,5)27-11-7-8-17(3)13-27/h14,16-17,19H,7-13,15H2,1-6H3,(H2,23,24,25). The van der Waals surface area contributed by atoms with Gasteiger partial charge in [0.2, 0.25) is 0 Å². The lowest BCUT2D eigenvalue weighted by molar-refractivity contribution is 0.0739. The Labute approximate surface area is 171 Å². The Morgan fingerprint density at radius 2 is 2.14 bits per heavy atom. The van der Waals surface area contributed by atoms with Crippen LogP contribution in [-0.4, -0.2) is 58.9 Å². The maximum Gasteiger partial charge on any atom is 0.191 e. The maximum absolute atomic E-state index is 4.80. The molecule has 158 valence electrons. The van der Waals surface area contributed by atoms with Gasteiger partial charge in [-0.25, -0.2) is 0 Å². The summed E-state index contributed by atoms with van der Waals surface area (Å²) in [5.41, 5.74) is 2.79. The van der Waals surface area contributed by atoms with Gasteiger partial charge in [-0.05, 0) is 71.4 Å². The molecule has 28 heavy (non-hydrogen) atoms. The first-order valence-corrected chi connectivity index (χ1v) is 11.1. The van der Waals surface area contributed by atoms with E-state index in [0.717, 1.165) is 37.7 Å². The number of rotatable bonds is 5. The summed E-state index contributed by atoms with van der Waals surface area (Å²) >= 11 is 0. The molecule has 1 aromatic rings. The monoisotopic (exact) mass is 388 g/mol. The van der Waals surface area contributed by atoms with Gasteiger partial charge in [-0.2, -0.15) is 5.10 Å². The molecule has 6 heteroatoms. The van der Waals surface area contributed by atoms with Crippen LogP contribution in [0.4, 0.5) is 0 Å². The highest BCUT2D eigenvalue weighted by atomic mass is 15.3. The van der Waals surface area contributed by atoms with Gasteiger partial charge in [-0.1, -0.05) is 6.92 Å². The zero-order valence-electron chi connectivity index (χ0n) is 18.8. The van der Waals surface area contributed by atoms with E-state index in [1.165, 1.54) is 37.2 Å². The number of likely N-dealkylation sites (tertiary alicyclic amines) is 1. The zero-order valence-corrected chi connectivity index (χ0v) is 18.8. The smallest absolute Gasteiger partial charge is 0.191 e. The van der Waals surface area contributed by atoms with E-state index in [0.29, 0.717) is 12.1 Å². The lowest BCUT2D eigenvalue weighted by Gasteiger charge is -2.43. The molecular formula is C22H40N6. The summed E-state index contributed by atoms with van der Waals surface area (Å²) in [4.78, 5) is 7.12. The molecule has 1 saturated heterocycles. The Morgan fingerprint density at radius 1 is 1.36 bits per heavy atom. The van der Waals surface area contributed by atoms with Gasteiger partial charge in [-0.15, -0.1) is 0 Å². The minimum atomic E-state index is 0.127. The molecule has 6 nitrogen and oxygen atoms in total. The Balaban J connectivity index is 1.53. The fourth-order valence-electron chi connectivity index (χ4n) is 4.44. The number of aliphatic imine (C=N–C) groups is 1. The molecule has 1 aliphatic carbocycles. The molecule has 0 bridgehead atoms. The third kappa shape index (κ3) is 5.07. The number of aryl methyl sites for hydroxylation is 1. The average molecular weight is 389 g/mol. The predicted octanol–water partition coefficient (Wildman–Crippen LogP) is 3.00. The van der Waals surface area contributed by atoms with E-state index in [-0.39, 0.29) is 5.54 Å². The quantitative estimate of drug-likeness (QED) is 0.601. The second kappa shape index (κ2) is 8.85. The first-order chi connectivity index (χ1) is 13.3. The van der Waals surface area contributed by atoms with Gasteiger partial charge in [0.05, 0.1) is 5.69 Å². The van der Waals surface area contributed by atoms with E-state index < -0.39 is 0 Å². The molecule has 2 heterocycles.